The number of hydrogen-bond acceptors (Lipinski definition) is 7. The minimum absolute atomic E-state index is 0.168. The van der Waals surface area contributed by atoms with Crippen LogP contribution < -0.4 is 0 Å². The Kier molecular flexibility index (Phi) is 12.1. The lowest BCUT2D eigenvalue weighted by Crippen LogP contribution is -2.24. The van der Waals surface area contributed by atoms with Gasteiger partial charge < -0.3 is 30.3 Å². The molecule has 0 radical (unpaired) electrons. The van der Waals surface area contributed by atoms with Crippen LogP contribution in [-0.2, 0) is 9.53 Å². The third-order valence-corrected chi connectivity index (χ3v) is 2.94. The van der Waals surface area contributed by atoms with Gasteiger partial charge in [0.1, 0.15) is 18.8 Å². The maximum absolute atomic E-state index is 11.8. The Morgan fingerprint density at radius 1 is 1.00 bits per heavy atom. The molecule has 1 aromatic rings. The van der Waals surface area contributed by atoms with Gasteiger partial charge in [-0.2, -0.15) is 0 Å². The van der Waals surface area contributed by atoms with Gasteiger partial charge in [0, 0.05) is 0 Å². The molecule has 0 aliphatic heterocycles. The van der Waals surface area contributed by atoms with Gasteiger partial charge in [-0.15, -0.1) is 0 Å². The standard InChI is InChI=1S/C13H18O4.C3H8O3/c1-2-12(10-6-4-3-5-7-10)13(16)17-9-11(15)8-14;4-1-3(6)2-5/h3-7,11-12,14-15H,2,8-9H2,1H3;3-6H,1-2H2. The fourth-order valence-corrected chi connectivity index (χ4v) is 1.61. The molecule has 0 amide bonds. The van der Waals surface area contributed by atoms with Crippen molar-refractivity contribution >= 4 is 5.97 Å². The Morgan fingerprint density at radius 3 is 1.91 bits per heavy atom. The van der Waals surface area contributed by atoms with Crippen LogP contribution in [-0.4, -0.2) is 70.1 Å². The van der Waals surface area contributed by atoms with Crippen LogP contribution in [0.4, 0.5) is 0 Å². The van der Waals surface area contributed by atoms with Crippen LogP contribution in [0.5, 0.6) is 0 Å². The summed E-state index contributed by atoms with van der Waals surface area (Å²) >= 11 is 0. The van der Waals surface area contributed by atoms with E-state index in [0.29, 0.717) is 6.42 Å². The minimum Gasteiger partial charge on any atom is -0.462 e. The van der Waals surface area contributed by atoms with Crippen molar-refractivity contribution in [1.82, 2.24) is 0 Å². The van der Waals surface area contributed by atoms with Gasteiger partial charge in [-0.1, -0.05) is 37.3 Å². The zero-order valence-corrected chi connectivity index (χ0v) is 13.2. The van der Waals surface area contributed by atoms with Crippen molar-refractivity contribution in [2.75, 3.05) is 26.4 Å². The summed E-state index contributed by atoms with van der Waals surface area (Å²) in [6.45, 7) is 0.600. The average molecular weight is 330 g/mol. The molecule has 0 saturated carbocycles. The monoisotopic (exact) mass is 330 g/mol. The highest BCUT2D eigenvalue weighted by atomic mass is 16.5. The number of hydrogen-bond donors (Lipinski definition) is 5. The molecule has 132 valence electrons. The van der Waals surface area contributed by atoms with Crippen molar-refractivity contribution in [2.24, 2.45) is 0 Å². The number of esters is 1. The van der Waals surface area contributed by atoms with Gasteiger partial charge in [-0.05, 0) is 12.0 Å². The largest absolute Gasteiger partial charge is 0.462 e. The lowest BCUT2D eigenvalue weighted by Gasteiger charge is -2.15. The Balaban J connectivity index is 0.000000688. The number of benzene rings is 1. The summed E-state index contributed by atoms with van der Waals surface area (Å²) in [5, 5.41) is 41.7. The van der Waals surface area contributed by atoms with Crippen LogP contribution in [0.1, 0.15) is 24.8 Å². The SMILES string of the molecule is CCC(C(=O)OCC(O)CO)c1ccccc1.OCC(O)CO. The molecule has 0 saturated heterocycles. The molecule has 23 heavy (non-hydrogen) atoms. The second-order valence-corrected chi connectivity index (χ2v) is 4.86. The maximum atomic E-state index is 11.8. The normalized spacial score (nSPS) is 13.0. The van der Waals surface area contributed by atoms with Gasteiger partial charge in [0.05, 0.1) is 25.7 Å². The Morgan fingerprint density at radius 2 is 1.52 bits per heavy atom. The smallest absolute Gasteiger partial charge is 0.313 e. The molecule has 1 aromatic carbocycles. The molecule has 2 atom stereocenters. The van der Waals surface area contributed by atoms with E-state index in [4.69, 9.17) is 30.3 Å². The van der Waals surface area contributed by atoms with Crippen LogP contribution in [0.3, 0.4) is 0 Å². The number of rotatable bonds is 8. The molecule has 2 unspecified atom stereocenters. The van der Waals surface area contributed by atoms with Crippen LogP contribution in [0.2, 0.25) is 0 Å². The van der Waals surface area contributed by atoms with Crippen molar-refractivity contribution in [2.45, 2.75) is 31.5 Å². The van der Waals surface area contributed by atoms with Gasteiger partial charge in [-0.25, -0.2) is 0 Å². The lowest BCUT2D eigenvalue weighted by molar-refractivity contribution is -0.149. The number of aliphatic hydroxyl groups is 5. The number of ether oxygens (including phenoxy) is 1. The fraction of sp³-hybridized carbons (Fsp3) is 0.562. The molecule has 0 aliphatic rings. The Hall–Kier alpha value is -1.51. The van der Waals surface area contributed by atoms with E-state index in [-0.39, 0.29) is 31.7 Å². The predicted octanol–water partition coefficient (Wildman–Crippen LogP) is -0.592. The summed E-state index contributed by atoms with van der Waals surface area (Å²) in [7, 11) is 0. The highest BCUT2D eigenvalue weighted by Gasteiger charge is 2.20. The highest BCUT2D eigenvalue weighted by Crippen LogP contribution is 2.20. The summed E-state index contributed by atoms with van der Waals surface area (Å²) in [5.41, 5.74) is 0.901. The van der Waals surface area contributed by atoms with Gasteiger partial charge >= 0.3 is 5.97 Å². The molecule has 0 heterocycles. The van der Waals surface area contributed by atoms with E-state index in [0.717, 1.165) is 5.56 Å². The quantitative estimate of drug-likeness (QED) is 0.403. The fourth-order valence-electron chi connectivity index (χ4n) is 1.61. The van der Waals surface area contributed by atoms with Crippen molar-refractivity contribution in [3.63, 3.8) is 0 Å². The second-order valence-electron chi connectivity index (χ2n) is 4.86. The maximum Gasteiger partial charge on any atom is 0.313 e. The van der Waals surface area contributed by atoms with Crippen molar-refractivity contribution in [3.05, 3.63) is 35.9 Å². The highest BCUT2D eigenvalue weighted by molar-refractivity contribution is 5.78. The zero-order valence-electron chi connectivity index (χ0n) is 13.2. The van der Waals surface area contributed by atoms with Crippen molar-refractivity contribution in [1.29, 1.82) is 0 Å². The van der Waals surface area contributed by atoms with Crippen LogP contribution in [0, 0.1) is 0 Å². The molecule has 7 heteroatoms. The van der Waals surface area contributed by atoms with E-state index in [1.54, 1.807) is 0 Å². The van der Waals surface area contributed by atoms with Crippen LogP contribution in [0.25, 0.3) is 0 Å². The number of aliphatic hydroxyl groups excluding tert-OH is 5. The van der Waals surface area contributed by atoms with E-state index in [9.17, 15) is 4.79 Å². The number of carbonyl (C=O) groups excluding carboxylic acids is 1. The molecule has 0 bridgehead atoms. The molecule has 0 fully saturated rings. The van der Waals surface area contributed by atoms with Gasteiger partial charge in [0.25, 0.3) is 0 Å². The first-order chi connectivity index (χ1) is 11.0. The van der Waals surface area contributed by atoms with Crippen LogP contribution in [0.15, 0.2) is 30.3 Å². The van der Waals surface area contributed by atoms with E-state index < -0.39 is 18.8 Å². The van der Waals surface area contributed by atoms with E-state index in [1.807, 2.05) is 37.3 Å². The Bertz CT molecular complexity index is 406. The van der Waals surface area contributed by atoms with E-state index >= 15 is 0 Å². The zero-order chi connectivity index (χ0) is 17.7. The summed E-state index contributed by atoms with van der Waals surface area (Å²) in [6.07, 6.45) is -1.32. The average Bonchev–Trinajstić information content (AvgIpc) is 2.60. The topological polar surface area (TPSA) is 127 Å². The first kappa shape index (κ1) is 21.5. The molecule has 0 aliphatic carbocycles. The summed E-state index contributed by atoms with van der Waals surface area (Å²) in [4.78, 5) is 11.8. The first-order valence-corrected chi connectivity index (χ1v) is 7.40. The first-order valence-electron chi connectivity index (χ1n) is 7.40. The predicted molar refractivity (Wildman–Crippen MR) is 83.7 cm³/mol. The molecule has 1 rings (SSSR count). The second kappa shape index (κ2) is 13.0. The molecular weight excluding hydrogens is 304 g/mol. The Labute approximate surface area is 135 Å². The molecule has 0 spiro atoms. The number of carbonyl (C=O) groups is 1. The third kappa shape index (κ3) is 9.27. The van der Waals surface area contributed by atoms with Crippen molar-refractivity contribution in [3.8, 4) is 0 Å². The van der Waals surface area contributed by atoms with Crippen molar-refractivity contribution < 1.29 is 35.1 Å². The summed E-state index contributed by atoms with van der Waals surface area (Å²) in [5.74, 6) is -0.687. The minimum atomic E-state index is -1.01. The third-order valence-electron chi connectivity index (χ3n) is 2.94. The molecule has 7 nitrogen and oxygen atoms in total. The van der Waals surface area contributed by atoms with Crippen LogP contribution >= 0.6 is 0 Å². The molecule has 5 N–H and O–H groups in total. The summed E-state index contributed by atoms with van der Waals surface area (Å²) < 4.78 is 4.95. The summed E-state index contributed by atoms with van der Waals surface area (Å²) in [6, 6.07) is 9.37. The van der Waals surface area contributed by atoms with Gasteiger partial charge in [0.2, 0.25) is 0 Å². The van der Waals surface area contributed by atoms with E-state index in [2.05, 4.69) is 0 Å². The van der Waals surface area contributed by atoms with E-state index in [1.165, 1.54) is 0 Å². The van der Waals surface area contributed by atoms with Gasteiger partial charge in [0.15, 0.2) is 0 Å². The lowest BCUT2D eigenvalue weighted by atomic mass is 9.97. The molecule has 0 aromatic heterocycles. The molecular formula is C16H26O7. The van der Waals surface area contributed by atoms with Gasteiger partial charge in [-0.3, -0.25) is 4.79 Å².